The van der Waals surface area contributed by atoms with Gasteiger partial charge in [-0.15, -0.1) is 0 Å². The number of esters is 1. The summed E-state index contributed by atoms with van der Waals surface area (Å²) in [6, 6.07) is 12.1. The van der Waals surface area contributed by atoms with E-state index in [-0.39, 0.29) is 17.3 Å². The first-order valence-corrected chi connectivity index (χ1v) is 7.96. The second-order valence-corrected chi connectivity index (χ2v) is 5.83. The van der Waals surface area contributed by atoms with Gasteiger partial charge in [-0.1, -0.05) is 24.3 Å². The maximum absolute atomic E-state index is 12.0. The number of carbonyl (C=O) groups excluding carboxylic acids is 1. The van der Waals surface area contributed by atoms with Crippen LogP contribution >= 0.6 is 0 Å². The van der Waals surface area contributed by atoms with E-state index in [4.69, 9.17) is 4.74 Å². The molecular weight excluding hydrogens is 332 g/mol. The molecule has 0 atom stereocenters. The first kappa shape index (κ1) is 17.3. The number of hydrogen-bond donors (Lipinski definition) is 0. The van der Waals surface area contributed by atoms with E-state index in [1.807, 2.05) is 32.0 Å². The van der Waals surface area contributed by atoms with Gasteiger partial charge < -0.3 is 4.74 Å². The number of benzene rings is 2. The Hall–Kier alpha value is -3.54. The Bertz CT molecular complexity index is 987. The van der Waals surface area contributed by atoms with Crippen LogP contribution in [0.1, 0.15) is 22.3 Å². The van der Waals surface area contributed by atoms with Gasteiger partial charge in [0.2, 0.25) is 5.90 Å². The fourth-order valence-corrected chi connectivity index (χ4v) is 2.46. The smallest absolute Gasteiger partial charge is 0.363 e. The van der Waals surface area contributed by atoms with E-state index in [0.29, 0.717) is 5.56 Å². The van der Waals surface area contributed by atoms with Crippen molar-refractivity contribution in [3.05, 3.63) is 92.7 Å². The van der Waals surface area contributed by atoms with E-state index in [9.17, 15) is 14.9 Å². The fourth-order valence-electron chi connectivity index (χ4n) is 2.46. The predicted octanol–water partition coefficient (Wildman–Crippen LogP) is 4.11. The zero-order chi connectivity index (χ0) is 18.7. The SMILES string of the molecule is Cc1ccc(C2=N/C(=C\C=C\c3ccccc3[N+](=O)[O-])C(=O)O2)cc1C. The summed E-state index contributed by atoms with van der Waals surface area (Å²) in [5.74, 6) is -0.297. The topological polar surface area (TPSA) is 81.8 Å². The standard InChI is InChI=1S/C20H16N2O4/c1-13-10-11-16(12-14(13)2)19-21-17(20(23)26-19)8-5-7-15-6-3-4-9-18(15)22(24)25/h3-12H,1-2H3/b7-5+,17-8-. The molecule has 0 spiro atoms. The number of nitro groups is 1. The molecule has 2 aromatic rings. The predicted molar refractivity (Wildman–Crippen MR) is 98.8 cm³/mol. The number of carbonyl (C=O) groups is 1. The van der Waals surface area contributed by atoms with Crippen molar-refractivity contribution in [2.24, 2.45) is 4.99 Å². The van der Waals surface area contributed by atoms with Gasteiger partial charge in [-0.2, -0.15) is 0 Å². The molecule has 0 unspecified atom stereocenters. The maximum Gasteiger partial charge on any atom is 0.363 e. The number of nitrogens with zero attached hydrogens (tertiary/aromatic N) is 2. The molecule has 0 bridgehead atoms. The number of para-hydroxylation sites is 1. The normalized spacial score (nSPS) is 15.4. The highest BCUT2D eigenvalue weighted by atomic mass is 16.6. The van der Waals surface area contributed by atoms with Crippen LogP contribution in [0, 0.1) is 24.0 Å². The lowest BCUT2D eigenvalue weighted by Crippen LogP contribution is -2.05. The molecule has 0 aliphatic carbocycles. The van der Waals surface area contributed by atoms with Crippen LogP contribution in [-0.2, 0) is 9.53 Å². The van der Waals surface area contributed by atoms with Crippen LogP contribution in [0.5, 0.6) is 0 Å². The summed E-state index contributed by atoms with van der Waals surface area (Å²) in [6.45, 7) is 3.98. The summed E-state index contributed by atoms with van der Waals surface area (Å²) < 4.78 is 5.22. The Morgan fingerprint density at radius 3 is 2.62 bits per heavy atom. The number of nitro benzene ring substituents is 1. The molecule has 0 saturated carbocycles. The van der Waals surface area contributed by atoms with E-state index < -0.39 is 10.9 Å². The Morgan fingerprint density at radius 2 is 1.88 bits per heavy atom. The van der Waals surface area contributed by atoms with Crippen LogP contribution < -0.4 is 0 Å². The fraction of sp³-hybridized carbons (Fsp3) is 0.100. The van der Waals surface area contributed by atoms with Crippen molar-refractivity contribution < 1.29 is 14.5 Å². The summed E-state index contributed by atoms with van der Waals surface area (Å²) in [4.78, 5) is 26.8. The quantitative estimate of drug-likeness (QED) is 0.360. The molecule has 6 heteroatoms. The van der Waals surface area contributed by atoms with Gasteiger partial charge in [-0.25, -0.2) is 9.79 Å². The number of rotatable bonds is 4. The van der Waals surface area contributed by atoms with Crippen molar-refractivity contribution in [1.29, 1.82) is 0 Å². The van der Waals surface area contributed by atoms with Crippen molar-refractivity contribution in [2.45, 2.75) is 13.8 Å². The summed E-state index contributed by atoms with van der Waals surface area (Å²) >= 11 is 0. The van der Waals surface area contributed by atoms with Gasteiger partial charge in [0.1, 0.15) is 0 Å². The number of allylic oxidation sites excluding steroid dienone is 2. The lowest BCUT2D eigenvalue weighted by Gasteiger charge is -2.03. The molecule has 130 valence electrons. The molecule has 0 fully saturated rings. The number of aryl methyl sites for hydroxylation is 2. The van der Waals surface area contributed by atoms with Crippen molar-refractivity contribution in [1.82, 2.24) is 0 Å². The van der Waals surface area contributed by atoms with Gasteiger partial charge in [0.25, 0.3) is 5.69 Å². The summed E-state index contributed by atoms with van der Waals surface area (Å²) in [5.41, 5.74) is 3.53. The zero-order valence-corrected chi connectivity index (χ0v) is 14.3. The molecule has 26 heavy (non-hydrogen) atoms. The van der Waals surface area contributed by atoms with Crippen LogP contribution in [0.25, 0.3) is 6.08 Å². The monoisotopic (exact) mass is 348 g/mol. The van der Waals surface area contributed by atoms with Gasteiger partial charge in [0, 0.05) is 11.6 Å². The number of hydrogen-bond acceptors (Lipinski definition) is 5. The minimum absolute atomic E-state index is 0.00420. The Morgan fingerprint density at radius 1 is 1.12 bits per heavy atom. The highest BCUT2D eigenvalue weighted by molar-refractivity contribution is 6.11. The highest BCUT2D eigenvalue weighted by Crippen LogP contribution is 2.21. The van der Waals surface area contributed by atoms with E-state index >= 15 is 0 Å². The molecule has 0 amide bonds. The van der Waals surface area contributed by atoms with E-state index in [2.05, 4.69) is 4.99 Å². The van der Waals surface area contributed by atoms with Gasteiger partial charge >= 0.3 is 5.97 Å². The van der Waals surface area contributed by atoms with Gasteiger partial charge in [0.15, 0.2) is 5.70 Å². The summed E-state index contributed by atoms with van der Waals surface area (Å²) in [7, 11) is 0. The molecule has 6 nitrogen and oxygen atoms in total. The van der Waals surface area contributed by atoms with Gasteiger partial charge in [0.05, 0.1) is 10.5 Å². The average molecular weight is 348 g/mol. The first-order valence-electron chi connectivity index (χ1n) is 7.96. The molecule has 3 rings (SSSR count). The third-order valence-corrected chi connectivity index (χ3v) is 4.04. The summed E-state index contributed by atoms with van der Waals surface area (Å²) in [6.07, 6.45) is 4.58. The van der Waals surface area contributed by atoms with Crippen LogP contribution in [0.15, 0.2) is 65.3 Å². The van der Waals surface area contributed by atoms with Crippen molar-refractivity contribution in [3.8, 4) is 0 Å². The molecule has 1 heterocycles. The Balaban J connectivity index is 1.85. The number of cyclic esters (lactones) is 1. The molecule has 0 aromatic heterocycles. The van der Waals surface area contributed by atoms with Crippen LogP contribution in [0.3, 0.4) is 0 Å². The third-order valence-electron chi connectivity index (χ3n) is 4.04. The minimum Gasteiger partial charge on any atom is -0.402 e. The molecule has 0 radical (unpaired) electrons. The Labute approximate surface area is 150 Å². The zero-order valence-electron chi connectivity index (χ0n) is 14.3. The van der Waals surface area contributed by atoms with Crippen molar-refractivity contribution in [3.63, 3.8) is 0 Å². The molecule has 2 aromatic carbocycles. The maximum atomic E-state index is 12.0. The van der Waals surface area contributed by atoms with Crippen LogP contribution in [0.4, 0.5) is 5.69 Å². The third kappa shape index (κ3) is 3.59. The minimum atomic E-state index is -0.551. The largest absolute Gasteiger partial charge is 0.402 e. The van der Waals surface area contributed by atoms with Crippen molar-refractivity contribution >= 4 is 23.6 Å². The van der Waals surface area contributed by atoms with Gasteiger partial charge in [-0.05, 0) is 55.3 Å². The number of ether oxygens (including phenoxy) is 1. The van der Waals surface area contributed by atoms with Crippen molar-refractivity contribution in [2.75, 3.05) is 0 Å². The van der Waals surface area contributed by atoms with E-state index in [1.54, 1.807) is 30.4 Å². The van der Waals surface area contributed by atoms with Crippen LogP contribution in [0.2, 0.25) is 0 Å². The van der Waals surface area contributed by atoms with E-state index in [1.165, 1.54) is 12.1 Å². The molecule has 0 saturated heterocycles. The number of aliphatic imine (C=N–C) groups is 1. The van der Waals surface area contributed by atoms with E-state index in [0.717, 1.165) is 16.7 Å². The summed E-state index contributed by atoms with van der Waals surface area (Å²) in [5, 5.41) is 11.0. The van der Waals surface area contributed by atoms with Crippen LogP contribution in [-0.4, -0.2) is 16.8 Å². The lowest BCUT2D eigenvalue weighted by molar-refractivity contribution is -0.385. The second kappa shape index (κ2) is 7.14. The van der Waals surface area contributed by atoms with Gasteiger partial charge in [-0.3, -0.25) is 10.1 Å². The first-order chi connectivity index (χ1) is 12.5. The molecule has 1 aliphatic heterocycles. The highest BCUT2D eigenvalue weighted by Gasteiger charge is 2.23. The lowest BCUT2D eigenvalue weighted by atomic mass is 10.1. The molecule has 0 N–H and O–H groups in total. The molecule has 1 aliphatic rings. The second-order valence-electron chi connectivity index (χ2n) is 5.83. The Kier molecular flexibility index (Phi) is 4.75. The molecular formula is C20H16N2O4. The average Bonchev–Trinajstić information content (AvgIpc) is 2.98.